The van der Waals surface area contributed by atoms with Gasteiger partial charge in [0.15, 0.2) is 11.5 Å². The molecule has 0 aromatic heterocycles. The Hall–Kier alpha value is -1.75. The van der Waals surface area contributed by atoms with Crippen molar-refractivity contribution >= 4 is 11.6 Å². The predicted molar refractivity (Wildman–Crippen MR) is 68.7 cm³/mol. The van der Waals surface area contributed by atoms with Crippen molar-refractivity contribution in [3.8, 4) is 11.5 Å². The van der Waals surface area contributed by atoms with Crippen LogP contribution in [0.4, 0.5) is 5.69 Å². The first-order valence-corrected chi connectivity index (χ1v) is 5.92. The first kappa shape index (κ1) is 12.7. The van der Waals surface area contributed by atoms with Crippen molar-refractivity contribution < 1.29 is 14.3 Å². The van der Waals surface area contributed by atoms with Gasteiger partial charge >= 0.3 is 0 Å². The maximum atomic E-state index is 11.7. The number of nitrogens with two attached hydrogens (primary N) is 1. The van der Waals surface area contributed by atoms with E-state index >= 15 is 0 Å². The van der Waals surface area contributed by atoms with Gasteiger partial charge in [0.1, 0.15) is 0 Å². The van der Waals surface area contributed by atoms with Crippen LogP contribution in [0.15, 0.2) is 18.2 Å². The number of amides is 1. The van der Waals surface area contributed by atoms with Crippen LogP contribution in [0.25, 0.3) is 0 Å². The van der Waals surface area contributed by atoms with E-state index in [2.05, 4.69) is 5.32 Å². The molecule has 5 nitrogen and oxygen atoms in total. The molecular formula is C13H18N2O3. The fourth-order valence-electron chi connectivity index (χ4n) is 1.63. The van der Waals surface area contributed by atoms with E-state index in [1.54, 1.807) is 18.2 Å². The standard InChI is InChI=1S/C13H18N2O3/c1-13(2,14)6-5-12(16)15-9-3-4-10-11(7-9)18-8-17-10/h3-4,7H,5-6,8,14H2,1-2H3,(H,15,16). The number of ether oxygens (including phenoxy) is 2. The summed E-state index contributed by atoms with van der Waals surface area (Å²) in [7, 11) is 0. The Morgan fingerprint density at radius 1 is 1.39 bits per heavy atom. The van der Waals surface area contributed by atoms with E-state index < -0.39 is 0 Å². The molecule has 1 aliphatic rings. The normalized spacial score (nSPS) is 13.5. The third-order valence-corrected chi connectivity index (χ3v) is 2.65. The van der Waals surface area contributed by atoms with E-state index in [0.29, 0.717) is 30.0 Å². The molecule has 0 radical (unpaired) electrons. The van der Waals surface area contributed by atoms with Crippen LogP contribution in [-0.2, 0) is 4.79 Å². The highest BCUT2D eigenvalue weighted by molar-refractivity contribution is 5.91. The van der Waals surface area contributed by atoms with Gasteiger partial charge in [0.05, 0.1) is 0 Å². The maximum Gasteiger partial charge on any atom is 0.231 e. The zero-order valence-corrected chi connectivity index (χ0v) is 10.7. The number of fused-ring (bicyclic) bond motifs is 1. The summed E-state index contributed by atoms with van der Waals surface area (Å²) in [4.78, 5) is 11.7. The van der Waals surface area contributed by atoms with E-state index in [9.17, 15) is 4.79 Å². The summed E-state index contributed by atoms with van der Waals surface area (Å²) in [5.74, 6) is 1.32. The third-order valence-electron chi connectivity index (χ3n) is 2.65. The maximum absolute atomic E-state index is 11.7. The predicted octanol–water partition coefficient (Wildman–Crippen LogP) is 1.87. The van der Waals surface area contributed by atoms with E-state index in [4.69, 9.17) is 15.2 Å². The fraction of sp³-hybridized carbons (Fsp3) is 0.462. The largest absolute Gasteiger partial charge is 0.454 e. The van der Waals surface area contributed by atoms with Gasteiger partial charge in [0, 0.05) is 23.7 Å². The number of nitrogens with one attached hydrogen (secondary N) is 1. The van der Waals surface area contributed by atoms with Gasteiger partial charge in [0.2, 0.25) is 12.7 Å². The van der Waals surface area contributed by atoms with E-state index in [-0.39, 0.29) is 18.2 Å². The summed E-state index contributed by atoms with van der Waals surface area (Å²) in [6.45, 7) is 4.04. The molecule has 0 atom stereocenters. The van der Waals surface area contributed by atoms with E-state index in [0.717, 1.165) is 0 Å². The SMILES string of the molecule is CC(C)(N)CCC(=O)Nc1ccc2c(c1)OCO2. The Morgan fingerprint density at radius 2 is 2.11 bits per heavy atom. The molecule has 0 saturated heterocycles. The molecule has 0 aliphatic carbocycles. The molecule has 2 rings (SSSR count). The Labute approximate surface area is 106 Å². The number of carbonyl (C=O) groups is 1. The molecule has 18 heavy (non-hydrogen) atoms. The van der Waals surface area contributed by atoms with Crippen molar-refractivity contribution in [3.63, 3.8) is 0 Å². The molecule has 0 saturated carbocycles. The van der Waals surface area contributed by atoms with Gasteiger partial charge in [-0.2, -0.15) is 0 Å². The van der Waals surface area contributed by atoms with Gasteiger partial charge in [-0.25, -0.2) is 0 Å². The van der Waals surface area contributed by atoms with Crippen molar-refractivity contribution in [2.75, 3.05) is 12.1 Å². The molecule has 5 heteroatoms. The third kappa shape index (κ3) is 3.37. The molecule has 98 valence electrons. The van der Waals surface area contributed by atoms with Crippen LogP contribution in [-0.4, -0.2) is 18.2 Å². The second-order valence-corrected chi connectivity index (χ2v) is 5.10. The van der Waals surface area contributed by atoms with Crippen molar-refractivity contribution in [1.82, 2.24) is 0 Å². The smallest absolute Gasteiger partial charge is 0.231 e. The Kier molecular flexibility index (Phi) is 3.43. The molecule has 1 heterocycles. The van der Waals surface area contributed by atoms with Gasteiger partial charge in [-0.05, 0) is 32.4 Å². The summed E-state index contributed by atoms with van der Waals surface area (Å²) < 4.78 is 10.4. The monoisotopic (exact) mass is 250 g/mol. The zero-order valence-electron chi connectivity index (χ0n) is 10.7. The highest BCUT2D eigenvalue weighted by Crippen LogP contribution is 2.34. The van der Waals surface area contributed by atoms with Crippen LogP contribution in [0.2, 0.25) is 0 Å². The van der Waals surface area contributed by atoms with Crippen molar-refractivity contribution in [3.05, 3.63) is 18.2 Å². The topological polar surface area (TPSA) is 73.6 Å². The Morgan fingerprint density at radius 3 is 2.83 bits per heavy atom. The highest BCUT2D eigenvalue weighted by atomic mass is 16.7. The second-order valence-electron chi connectivity index (χ2n) is 5.10. The lowest BCUT2D eigenvalue weighted by molar-refractivity contribution is -0.116. The molecular weight excluding hydrogens is 232 g/mol. The Bertz CT molecular complexity index is 452. The van der Waals surface area contributed by atoms with Crippen molar-refractivity contribution in [2.45, 2.75) is 32.2 Å². The molecule has 1 amide bonds. The molecule has 1 aliphatic heterocycles. The summed E-state index contributed by atoms with van der Waals surface area (Å²) in [5.41, 5.74) is 6.21. The lowest BCUT2D eigenvalue weighted by Crippen LogP contribution is -2.33. The van der Waals surface area contributed by atoms with Crippen LogP contribution in [0, 0.1) is 0 Å². The van der Waals surface area contributed by atoms with Gasteiger partial charge in [-0.1, -0.05) is 0 Å². The molecule has 1 aromatic rings. The van der Waals surface area contributed by atoms with Crippen LogP contribution in [0.5, 0.6) is 11.5 Å². The second kappa shape index (κ2) is 4.86. The lowest BCUT2D eigenvalue weighted by Gasteiger charge is -2.17. The van der Waals surface area contributed by atoms with Gasteiger partial charge in [-0.3, -0.25) is 4.79 Å². The summed E-state index contributed by atoms with van der Waals surface area (Å²) in [5, 5.41) is 2.81. The molecule has 0 spiro atoms. The van der Waals surface area contributed by atoms with Crippen LogP contribution in [0.3, 0.4) is 0 Å². The van der Waals surface area contributed by atoms with Crippen molar-refractivity contribution in [2.24, 2.45) is 5.73 Å². The average molecular weight is 250 g/mol. The fourth-order valence-corrected chi connectivity index (χ4v) is 1.63. The van der Waals surface area contributed by atoms with Crippen molar-refractivity contribution in [1.29, 1.82) is 0 Å². The number of carbonyl (C=O) groups excluding carboxylic acids is 1. The molecule has 0 fully saturated rings. The molecule has 1 aromatic carbocycles. The molecule has 3 N–H and O–H groups in total. The number of hydrogen-bond donors (Lipinski definition) is 2. The lowest BCUT2D eigenvalue weighted by atomic mass is 10.00. The zero-order chi connectivity index (χ0) is 13.2. The summed E-state index contributed by atoms with van der Waals surface area (Å²) in [6.07, 6.45) is 1.04. The molecule has 0 bridgehead atoms. The number of rotatable bonds is 4. The van der Waals surface area contributed by atoms with E-state index in [1.807, 2.05) is 13.8 Å². The minimum Gasteiger partial charge on any atom is -0.454 e. The quantitative estimate of drug-likeness (QED) is 0.855. The van der Waals surface area contributed by atoms with Crippen LogP contribution >= 0.6 is 0 Å². The summed E-state index contributed by atoms with van der Waals surface area (Å²) in [6, 6.07) is 5.33. The highest BCUT2D eigenvalue weighted by Gasteiger charge is 2.16. The number of benzene rings is 1. The van der Waals surface area contributed by atoms with Gasteiger partial charge < -0.3 is 20.5 Å². The van der Waals surface area contributed by atoms with Crippen LogP contribution < -0.4 is 20.5 Å². The first-order valence-electron chi connectivity index (χ1n) is 5.92. The minimum absolute atomic E-state index is 0.0487. The Balaban J connectivity index is 1.91. The van der Waals surface area contributed by atoms with Gasteiger partial charge in [0.25, 0.3) is 0 Å². The number of anilines is 1. The van der Waals surface area contributed by atoms with Gasteiger partial charge in [-0.15, -0.1) is 0 Å². The van der Waals surface area contributed by atoms with Crippen LogP contribution in [0.1, 0.15) is 26.7 Å². The minimum atomic E-state index is -0.327. The first-order chi connectivity index (χ1) is 8.44. The molecule has 0 unspecified atom stereocenters. The summed E-state index contributed by atoms with van der Waals surface area (Å²) >= 11 is 0. The number of hydrogen-bond acceptors (Lipinski definition) is 4. The average Bonchev–Trinajstić information content (AvgIpc) is 2.72. The van der Waals surface area contributed by atoms with E-state index in [1.165, 1.54) is 0 Å².